The Morgan fingerprint density at radius 1 is 1.54 bits per heavy atom. The third-order valence-corrected chi connectivity index (χ3v) is 3.05. The number of aliphatic hydroxyl groups excluding tert-OH is 1. The molecule has 0 aliphatic rings. The zero-order valence-electron chi connectivity index (χ0n) is 6.61. The van der Waals surface area contributed by atoms with Crippen LogP contribution in [0.2, 0.25) is 5.02 Å². The van der Waals surface area contributed by atoms with Crippen LogP contribution in [0.4, 0.5) is 0 Å². The van der Waals surface area contributed by atoms with Gasteiger partial charge in [-0.1, -0.05) is 11.6 Å². The van der Waals surface area contributed by atoms with E-state index in [0.29, 0.717) is 5.02 Å². The van der Waals surface area contributed by atoms with E-state index in [2.05, 4.69) is 0 Å². The molecule has 1 atom stereocenters. The Kier molecular flexibility index (Phi) is 2.40. The lowest BCUT2D eigenvalue weighted by Gasteiger charge is -2.03. The molecule has 2 aromatic rings. The molecule has 2 heterocycles. The van der Waals surface area contributed by atoms with Crippen LogP contribution in [-0.2, 0) is 0 Å². The minimum Gasteiger partial charge on any atom is -0.472 e. The molecule has 0 aliphatic carbocycles. The van der Waals surface area contributed by atoms with Crippen LogP contribution in [-0.4, -0.2) is 5.11 Å². The topological polar surface area (TPSA) is 33.4 Å². The Labute approximate surface area is 84.4 Å². The second-order valence-electron chi connectivity index (χ2n) is 2.63. The Morgan fingerprint density at radius 2 is 2.38 bits per heavy atom. The smallest absolute Gasteiger partial charge is 0.116 e. The summed E-state index contributed by atoms with van der Waals surface area (Å²) in [5.41, 5.74) is 0.749. The number of rotatable bonds is 2. The first-order chi connectivity index (χ1) is 6.27. The maximum absolute atomic E-state index is 9.79. The maximum atomic E-state index is 9.79. The van der Waals surface area contributed by atoms with Crippen LogP contribution in [0.25, 0.3) is 0 Å². The highest BCUT2D eigenvalue weighted by molar-refractivity contribution is 7.10. The molecule has 4 heteroatoms. The van der Waals surface area contributed by atoms with Gasteiger partial charge in [-0.25, -0.2) is 0 Å². The predicted octanol–water partition coefficient (Wildman–Crippen LogP) is 3.08. The monoisotopic (exact) mass is 214 g/mol. The fourth-order valence-corrected chi connectivity index (χ4v) is 2.16. The van der Waals surface area contributed by atoms with Gasteiger partial charge < -0.3 is 9.52 Å². The Bertz CT molecular complexity index is 380. The van der Waals surface area contributed by atoms with Crippen molar-refractivity contribution in [2.45, 2.75) is 6.10 Å². The van der Waals surface area contributed by atoms with E-state index in [1.165, 1.54) is 23.9 Å². The molecule has 2 aromatic heterocycles. The van der Waals surface area contributed by atoms with Gasteiger partial charge in [0.05, 0.1) is 17.5 Å². The molecule has 0 saturated carbocycles. The molecule has 0 saturated heterocycles. The summed E-state index contributed by atoms with van der Waals surface area (Å²) >= 11 is 7.17. The van der Waals surface area contributed by atoms with Gasteiger partial charge >= 0.3 is 0 Å². The third-order valence-electron chi connectivity index (χ3n) is 1.72. The maximum Gasteiger partial charge on any atom is 0.116 e. The van der Waals surface area contributed by atoms with Gasteiger partial charge in [0.2, 0.25) is 0 Å². The molecular weight excluding hydrogens is 208 g/mol. The van der Waals surface area contributed by atoms with Crippen LogP contribution < -0.4 is 0 Å². The Hall–Kier alpha value is -0.770. The average molecular weight is 215 g/mol. The zero-order chi connectivity index (χ0) is 9.26. The van der Waals surface area contributed by atoms with Crippen LogP contribution in [0, 0.1) is 0 Å². The highest BCUT2D eigenvalue weighted by Gasteiger charge is 2.13. The van der Waals surface area contributed by atoms with E-state index in [1.807, 2.05) is 0 Å². The number of furan rings is 1. The van der Waals surface area contributed by atoms with E-state index >= 15 is 0 Å². The SMILES string of the molecule is OC(c1ccoc1)c1cc(Cl)cs1. The molecule has 1 N–H and O–H groups in total. The molecule has 2 nitrogen and oxygen atoms in total. The van der Waals surface area contributed by atoms with Gasteiger partial charge in [-0.2, -0.15) is 0 Å². The highest BCUT2D eigenvalue weighted by atomic mass is 35.5. The summed E-state index contributed by atoms with van der Waals surface area (Å²) in [5, 5.41) is 12.2. The predicted molar refractivity (Wildman–Crippen MR) is 52.1 cm³/mol. The van der Waals surface area contributed by atoms with Crippen LogP contribution >= 0.6 is 22.9 Å². The second-order valence-corrected chi connectivity index (χ2v) is 4.01. The summed E-state index contributed by atoms with van der Waals surface area (Å²) < 4.78 is 4.88. The molecule has 0 aromatic carbocycles. The molecule has 0 spiro atoms. The van der Waals surface area contributed by atoms with Crippen LogP contribution in [0.3, 0.4) is 0 Å². The zero-order valence-corrected chi connectivity index (χ0v) is 8.18. The van der Waals surface area contributed by atoms with Crippen molar-refractivity contribution in [1.29, 1.82) is 0 Å². The van der Waals surface area contributed by atoms with Gasteiger partial charge in [-0.05, 0) is 12.1 Å². The van der Waals surface area contributed by atoms with Crippen molar-refractivity contribution in [1.82, 2.24) is 0 Å². The van der Waals surface area contributed by atoms with Gasteiger partial charge in [0.15, 0.2) is 0 Å². The van der Waals surface area contributed by atoms with Crippen molar-refractivity contribution < 1.29 is 9.52 Å². The van der Waals surface area contributed by atoms with Crippen LogP contribution in [0.5, 0.6) is 0 Å². The van der Waals surface area contributed by atoms with E-state index in [9.17, 15) is 5.11 Å². The first-order valence-corrected chi connectivity index (χ1v) is 4.97. The molecule has 0 amide bonds. The average Bonchev–Trinajstić information content (AvgIpc) is 2.72. The molecular formula is C9H7ClO2S. The lowest BCUT2D eigenvalue weighted by Crippen LogP contribution is -1.93. The van der Waals surface area contributed by atoms with Crippen molar-refractivity contribution in [3.05, 3.63) is 45.5 Å². The quantitative estimate of drug-likeness (QED) is 0.834. The number of aliphatic hydroxyl groups is 1. The second kappa shape index (κ2) is 3.54. The summed E-state index contributed by atoms with van der Waals surface area (Å²) in [6.07, 6.45) is 2.43. The first-order valence-electron chi connectivity index (χ1n) is 3.71. The van der Waals surface area contributed by atoms with Crippen LogP contribution in [0.15, 0.2) is 34.5 Å². The van der Waals surface area contributed by atoms with E-state index in [1.54, 1.807) is 17.5 Å². The molecule has 2 rings (SSSR count). The summed E-state index contributed by atoms with van der Waals surface area (Å²) in [5.74, 6) is 0. The molecule has 0 bridgehead atoms. The highest BCUT2D eigenvalue weighted by Crippen LogP contribution is 2.29. The number of hydrogen-bond donors (Lipinski definition) is 1. The third kappa shape index (κ3) is 1.77. The number of hydrogen-bond acceptors (Lipinski definition) is 3. The first kappa shape index (κ1) is 8.81. The molecule has 13 heavy (non-hydrogen) atoms. The van der Waals surface area contributed by atoms with E-state index < -0.39 is 6.10 Å². The lowest BCUT2D eigenvalue weighted by molar-refractivity contribution is 0.223. The summed E-state index contributed by atoms with van der Waals surface area (Å²) in [7, 11) is 0. The minimum atomic E-state index is -0.628. The Balaban J connectivity index is 2.28. The summed E-state index contributed by atoms with van der Waals surface area (Å²) in [6, 6.07) is 3.49. The van der Waals surface area contributed by atoms with Gasteiger partial charge in [0.1, 0.15) is 6.10 Å². The standard InChI is InChI=1S/C9H7ClO2S/c10-7-3-8(13-5-7)9(11)6-1-2-12-4-6/h1-5,9,11H. The molecule has 0 radical (unpaired) electrons. The number of thiophene rings is 1. The summed E-state index contributed by atoms with van der Waals surface area (Å²) in [4.78, 5) is 0.825. The van der Waals surface area contributed by atoms with Crippen molar-refractivity contribution in [3.8, 4) is 0 Å². The van der Waals surface area contributed by atoms with Gasteiger partial charge in [-0.3, -0.25) is 0 Å². The lowest BCUT2D eigenvalue weighted by atomic mass is 10.2. The van der Waals surface area contributed by atoms with E-state index in [0.717, 1.165) is 10.4 Å². The molecule has 0 fully saturated rings. The van der Waals surface area contributed by atoms with Gasteiger partial charge in [0.25, 0.3) is 0 Å². The van der Waals surface area contributed by atoms with Crippen molar-refractivity contribution in [2.24, 2.45) is 0 Å². The fraction of sp³-hybridized carbons (Fsp3) is 0.111. The van der Waals surface area contributed by atoms with E-state index in [-0.39, 0.29) is 0 Å². The molecule has 0 aliphatic heterocycles. The molecule has 68 valence electrons. The fourth-order valence-electron chi connectivity index (χ4n) is 1.07. The van der Waals surface area contributed by atoms with Crippen molar-refractivity contribution in [2.75, 3.05) is 0 Å². The van der Waals surface area contributed by atoms with Crippen molar-refractivity contribution in [3.63, 3.8) is 0 Å². The van der Waals surface area contributed by atoms with Gasteiger partial charge in [-0.15, -0.1) is 11.3 Å². The Morgan fingerprint density at radius 3 is 2.92 bits per heavy atom. The normalized spacial score (nSPS) is 13.1. The van der Waals surface area contributed by atoms with Gasteiger partial charge in [0, 0.05) is 15.8 Å². The number of halogens is 1. The van der Waals surface area contributed by atoms with E-state index in [4.69, 9.17) is 16.0 Å². The molecule has 1 unspecified atom stereocenters. The minimum absolute atomic E-state index is 0.628. The summed E-state index contributed by atoms with van der Waals surface area (Å²) in [6.45, 7) is 0. The van der Waals surface area contributed by atoms with Crippen molar-refractivity contribution >= 4 is 22.9 Å². The largest absolute Gasteiger partial charge is 0.472 e. The van der Waals surface area contributed by atoms with Crippen LogP contribution in [0.1, 0.15) is 16.5 Å².